The van der Waals surface area contributed by atoms with Crippen molar-refractivity contribution in [1.29, 1.82) is 0 Å². The molecule has 1 aliphatic rings. The van der Waals surface area contributed by atoms with Gasteiger partial charge < -0.3 is 10.1 Å². The second-order valence-electron chi connectivity index (χ2n) is 8.07. The summed E-state index contributed by atoms with van der Waals surface area (Å²) in [6.45, 7) is 0. The number of hydrogen-bond donors (Lipinski definition) is 2. The van der Waals surface area contributed by atoms with Crippen molar-refractivity contribution in [2.24, 2.45) is 5.92 Å². The molecule has 162 valence electrons. The Morgan fingerprint density at radius 1 is 1.03 bits per heavy atom. The Balaban J connectivity index is 1.35. The van der Waals surface area contributed by atoms with Crippen LogP contribution in [0.15, 0.2) is 84.0 Å². The molecule has 2 atom stereocenters. The average molecular weight is 444 g/mol. The predicted molar refractivity (Wildman–Crippen MR) is 127 cm³/mol. The van der Waals surface area contributed by atoms with E-state index in [1.165, 1.54) is 24.8 Å². The van der Waals surface area contributed by atoms with Crippen LogP contribution in [0, 0.1) is 5.92 Å². The van der Waals surface area contributed by atoms with Crippen LogP contribution in [-0.2, 0) is 11.2 Å². The summed E-state index contributed by atoms with van der Waals surface area (Å²) in [4.78, 5) is 16.9. The Morgan fingerprint density at radius 3 is 2.41 bits per heavy atom. The molecule has 1 heterocycles. The molecular formula is C25H27BN3O2S+. The zero-order chi connectivity index (χ0) is 22.2. The molecule has 3 aromatic rings. The SMILES string of the molecule is [B]C(CC1CC1)NC(=O)[C@H](Cc1ccccc1)NSc1ccc(Oc2cc[nH+]cc2)cc1. The maximum absolute atomic E-state index is 12.9. The Morgan fingerprint density at radius 2 is 1.72 bits per heavy atom. The molecule has 0 aliphatic heterocycles. The highest BCUT2D eigenvalue weighted by Gasteiger charge is 2.26. The average Bonchev–Trinajstić information content (AvgIpc) is 3.63. The molecule has 32 heavy (non-hydrogen) atoms. The lowest BCUT2D eigenvalue weighted by Gasteiger charge is -2.21. The molecule has 2 radical (unpaired) electrons. The minimum absolute atomic E-state index is 0.0738. The number of aromatic nitrogens is 1. The van der Waals surface area contributed by atoms with Crippen molar-refractivity contribution in [3.8, 4) is 11.5 Å². The molecule has 5 nitrogen and oxygen atoms in total. The van der Waals surface area contributed by atoms with Gasteiger partial charge >= 0.3 is 0 Å². The van der Waals surface area contributed by atoms with E-state index < -0.39 is 6.04 Å². The predicted octanol–water partition coefficient (Wildman–Crippen LogP) is 3.91. The van der Waals surface area contributed by atoms with E-state index >= 15 is 0 Å². The third-order valence-electron chi connectivity index (χ3n) is 5.28. The van der Waals surface area contributed by atoms with Crippen LogP contribution in [0.4, 0.5) is 0 Å². The van der Waals surface area contributed by atoms with Gasteiger partial charge in [0.25, 0.3) is 0 Å². The van der Waals surface area contributed by atoms with Gasteiger partial charge in [0, 0.05) is 17.0 Å². The van der Waals surface area contributed by atoms with E-state index in [0.29, 0.717) is 12.3 Å². The highest BCUT2D eigenvalue weighted by Crippen LogP contribution is 2.33. The molecule has 2 aromatic carbocycles. The van der Waals surface area contributed by atoms with Crippen LogP contribution in [-0.4, -0.2) is 25.7 Å². The molecule has 4 rings (SSSR count). The molecule has 0 spiro atoms. The van der Waals surface area contributed by atoms with Crippen molar-refractivity contribution < 1.29 is 14.5 Å². The number of benzene rings is 2. The lowest BCUT2D eigenvalue weighted by Crippen LogP contribution is -2.47. The van der Waals surface area contributed by atoms with Crippen LogP contribution >= 0.6 is 11.9 Å². The van der Waals surface area contributed by atoms with E-state index in [4.69, 9.17) is 12.6 Å². The van der Waals surface area contributed by atoms with Crippen molar-refractivity contribution >= 4 is 25.7 Å². The smallest absolute Gasteiger partial charge is 0.237 e. The van der Waals surface area contributed by atoms with Crippen molar-refractivity contribution in [3.05, 3.63) is 84.7 Å². The van der Waals surface area contributed by atoms with Crippen LogP contribution in [0.3, 0.4) is 0 Å². The van der Waals surface area contributed by atoms with Gasteiger partial charge in [-0.1, -0.05) is 43.2 Å². The topological polar surface area (TPSA) is 64.5 Å². The molecule has 7 heteroatoms. The maximum Gasteiger partial charge on any atom is 0.237 e. The van der Waals surface area contributed by atoms with Crippen LogP contribution in [0.25, 0.3) is 0 Å². The van der Waals surface area contributed by atoms with E-state index in [1.54, 1.807) is 0 Å². The van der Waals surface area contributed by atoms with Gasteiger partial charge in [-0.3, -0.25) is 4.79 Å². The summed E-state index contributed by atoms with van der Waals surface area (Å²) in [5.41, 5.74) is 1.10. The first-order chi connectivity index (χ1) is 15.7. The van der Waals surface area contributed by atoms with Crippen molar-refractivity contribution in [2.45, 2.75) is 42.6 Å². The number of ether oxygens (including phenoxy) is 1. The zero-order valence-electron chi connectivity index (χ0n) is 17.9. The first-order valence-electron chi connectivity index (χ1n) is 10.9. The lowest BCUT2D eigenvalue weighted by atomic mass is 9.90. The highest BCUT2D eigenvalue weighted by atomic mass is 32.2. The number of aromatic amines is 1. The highest BCUT2D eigenvalue weighted by molar-refractivity contribution is 7.97. The number of H-pyrrole nitrogens is 1. The van der Waals surface area contributed by atoms with Crippen LogP contribution in [0.2, 0.25) is 0 Å². The van der Waals surface area contributed by atoms with E-state index in [1.807, 2.05) is 79.1 Å². The van der Waals surface area contributed by atoms with Crippen molar-refractivity contribution in [1.82, 2.24) is 10.0 Å². The molecule has 1 saturated carbocycles. The van der Waals surface area contributed by atoms with Crippen LogP contribution < -0.4 is 19.8 Å². The molecular weight excluding hydrogens is 417 g/mol. The fourth-order valence-electron chi connectivity index (χ4n) is 3.38. The lowest BCUT2D eigenvalue weighted by molar-refractivity contribution is -0.378. The number of nitrogens with one attached hydrogen (secondary N) is 3. The summed E-state index contributed by atoms with van der Waals surface area (Å²) in [6.07, 6.45) is 7.50. The fraction of sp³-hybridized carbons (Fsp3) is 0.280. The summed E-state index contributed by atoms with van der Waals surface area (Å²) in [5.74, 6) is 1.81. The maximum atomic E-state index is 12.9. The number of amides is 1. The van der Waals surface area contributed by atoms with Gasteiger partial charge in [0.05, 0.1) is 7.85 Å². The van der Waals surface area contributed by atoms with Gasteiger partial charge in [-0.25, -0.2) is 9.71 Å². The summed E-state index contributed by atoms with van der Waals surface area (Å²) < 4.78 is 9.16. The standard InChI is InChI=1S/C25H26BN3O2S/c26-24(17-19-6-7-19)28-25(30)23(16-18-4-2-1-3-5-18)29-32-22-10-8-20(9-11-22)31-21-12-14-27-15-13-21/h1-5,8-15,19,23-24,29H,6-7,16-17H2,(H,28,30)/p+1/t23-,24?/m0/s1. The minimum Gasteiger partial charge on any atom is -0.457 e. The molecule has 1 aliphatic carbocycles. The van der Waals surface area contributed by atoms with Gasteiger partial charge in [0.1, 0.15) is 17.5 Å². The molecule has 1 aromatic heterocycles. The Labute approximate surface area is 194 Å². The normalized spacial score (nSPS) is 15.0. The second-order valence-corrected chi connectivity index (χ2v) is 8.98. The summed E-state index contributed by atoms with van der Waals surface area (Å²) in [7, 11) is 6.15. The summed E-state index contributed by atoms with van der Waals surface area (Å²) in [5, 5.41) is 2.98. The van der Waals surface area contributed by atoms with E-state index in [0.717, 1.165) is 28.4 Å². The molecule has 1 amide bonds. The minimum atomic E-state index is -0.399. The molecule has 0 saturated heterocycles. The Kier molecular flexibility index (Phi) is 7.85. The molecule has 3 N–H and O–H groups in total. The van der Waals surface area contributed by atoms with Crippen LogP contribution in [0.5, 0.6) is 11.5 Å². The number of hydrogen-bond acceptors (Lipinski definition) is 4. The zero-order valence-corrected chi connectivity index (χ0v) is 18.7. The number of pyridine rings is 1. The molecule has 0 bridgehead atoms. The van der Waals surface area contributed by atoms with E-state index in [-0.39, 0.29) is 11.8 Å². The third kappa shape index (κ3) is 7.14. The van der Waals surface area contributed by atoms with Gasteiger partial charge in [0.2, 0.25) is 5.91 Å². The van der Waals surface area contributed by atoms with Crippen molar-refractivity contribution in [3.63, 3.8) is 0 Å². The van der Waals surface area contributed by atoms with Gasteiger partial charge in [-0.2, -0.15) is 0 Å². The summed E-state index contributed by atoms with van der Waals surface area (Å²) >= 11 is 1.43. The van der Waals surface area contributed by atoms with E-state index in [9.17, 15) is 4.79 Å². The van der Waals surface area contributed by atoms with Gasteiger partial charge in [-0.05, 0) is 66.5 Å². The van der Waals surface area contributed by atoms with E-state index in [2.05, 4.69) is 15.0 Å². The number of carbonyl (C=O) groups excluding carboxylic acids is 1. The Hall–Kier alpha value is -2.77. The quantitative estimate of drug-likeness (QED) is 0.348. The van der Waals surface area contributed by atoms with Crippen molar-refractivity contribution in [2.75, 3.05) is 0 Å². The second kappa shape index (κ2) is 11.2. The number of carbonyl (C=O) groups is 1. The van der Waals surface area contributed by atoms with Gasteiger partial charge in [0.15, 0.2) is 12.4 Å². The largest absolute Gasteiger partial charge is 0.457 e. The first kappa shape index (κ1) is 22.4. The van der Waals surface area contributed by atoms with Crippen LogP contribution in [0.1, 0.15) is 24.8 Å². The fourth-order valence-corrected chi connectivity index (χ4v) is 4.12. The first-order valence-corrected chi connectivity index (χ1v) is 11.7. The monoisotopic (exact) mass is 444 g/mol. The number of rotatable bonds is 11. The molecule has 1 unspecified atom stereocenters. The molecule has 1 fully saturated rings. The Bertz CT molecular complexity index is 985. The summed E-state index contributed by atoms with van der Waals surface area (Å²) in [6, 6.07) is 21.1. The van der Waals surface area contributed by atoms with Gasteiger partial charge in [-0.15, -0.1) is 0 Å². The third-order valence-corrected chi connectivity index (χ3v) is 6.19.